The highest BCUT2D eigenvalue weighted by molar-refractivity contribution is 7.10. The topological polar surface area (TPSA) is 58.2 Å². The van der Waals surface area contributed by atoms with E-state index in [1.165, 1.54) is 10.4 Å². The lowest BCUT2D eigenvalue weighted by molar-refractivity contribution is 0.0927. The van der Waals surface area contributed by atoms with Crippen molar-refractivity contribution in [1.29, 1.82) is 0 Å². The summed E-state index contributed by atoms with van der Waals surface area (Å²) in [5.74, 6) is 0.558. The molecule has 3 rings (SSSR count). The van der Waals surface area contributed by atoms with E-state index in [9.17, 15) is 9.59 Å². The van der Waals surface area contributed by atoms with Gasteiger partial charge < -0.3 is 10.6 Å². The highest BCUT2D eigenvalue weighted by Gasteiger charge is 2.22. The highest BCUT2D eigenvalue weighted by atomic mass is 32.1. The average molecular weight is 342 g/mol. The Morgan fingerprint density at radius 2 is 1.83 bits per heavy atom. The van der Waals surface area contributed by atoms with Crippen LogP contribution in [0.2, 0.25) is 0 Å². The lowest BCUT2D eigenvalue weighted by Crippen LogP contribution is -2.35. The third-order valence-corrected chi connectivity index (χ3v) is 5.43. The van der Waals surface area contributed by atoms with E-state index in [0.717, 1.165) is 24.8 Å². The van der Waals surface area contributed by atoms with Crippen LogP contribution in [0.3, 0.4) is 0 Å². The number of amides is 2. The van der Waals surface area contributed by atoms with Crippen LogP contribution in [0.15, 0.2) is 35.7 Å². The molecule has 2 N–H and O–H groups in total. The molecule has 5 heteroatoms. The zero-order valence-corrected chi connectivity index (χ0v) is 14.6. The first kappa shape index (κ1) is 16.7. The molecule has 0 spiro atoms. The molecule has 24 heavy (non-hydrogen) atoms. The fraction of sp³-hybridized carbons (Fsp3) is 0.368. The number of hydrogen-bond donors (Lipinski definition) is 2. The molecule has 2 amide bonds. The van der Waals surface area contributed by atoms with Crippen molar-refractivity contribution in [3.05, 3.63) is 57.3 Å². The van der Waals surface area contributed by atoms with E-state index in [0.29, 0.717) is 24.6 Å². The third kappa shape index (κ3) is 3.85. The quantitative estimate of drug-likeness (QED) is 0.821. The lowest BCUT2D eigenvalue weighted by atomic mass is 9.88. The summed E-state index contributed by atoms with van der Waals surface area (Å²) in [7, 11) is 0. The van der Waals surface area contributed by atoms with Crippen LogP contribution < -0.4 is 10.6 Å². The van der Waals surface area contributed by atoms with E-state index in [2.05, 4.69) is 17.6 Å². The molecule has 0 aliphatic heterocycles. The maximum atomic E-state index is 12.4. The Bertz CT molecular complexity index is 724. The Morgan fingerprint density at radius 1 is 1.12 bits per heavy atom. The van der Waals surface area contributed by atoms with Gasteiger partial charge in [0.05, 0.1) is 5.56 Å². The molecule has 0 fully saturated rings. The summed E-state index contributed by atoms with van der Waals surface area (Å²) in [6.07, 6.45) is 3.23. The van der Waals surface area contributed by atoms with Crippen molar-refractivity contribution in [3.63, 3.8) is 0 Å². The SMILES string of the molecule is CC1CCc2c(C(=O)NCCNC(=O)c3ccccc3)csc2C1. The van der Waals surface area contributed by atoms with Gasteiger partial charge in [-0.25, -0.2) is 0 Å². The van der Waals surface area contributed by atoms with Crippen LogP contribution in [-0.2, 0) is 12.8 Å². The van der Waals surface area contributed by atoms with E-state index < -0.39 is 0 Å². The lowest BCUT2D eigenvalue weighted by Gasteiger charge is -2.18. The number of rotatable bonds is 5. The first-order chi connectivity index (χ1) is 11.6. The second-order valence-electron chi connectivity index (χ2n) is 6.28. The van der Waals surface area contributed by atoms with Crippen LogP contribution in [0.5, 0.6) is 0 Å². The molecule has 0 saturated heterocycles. The number of nitrogens with one attached hydrogen (secondary N) is 2. The number of carbonyl (C=O) groups excluding carboxylic acids is 2. The second kappa shape index (κ2) is 7.62. The van der Waals surface area contributed by atoms with E-state index in [4.69, 9.17) is 0 Å². The Kier molecular flexibility index (Phi) is 5.30. The predicted molar refractivity (Wildman–Crippen MR) is 96.6 cm³/mol. The minimum Gasteiger partial charge on any atom is -0.350 e. The van der Waals surface area contributed by atoms with Gasteiger partial charge in [-0.05, 0) is 42.9 Å². The molecule has 1 unspecified atom stereocenters. The minimum atomic E-state index is -0.119. The van der Waals surface area contributed by atoms with Gasteiger partial charge >= 0.3 is 0 Å². The maximum absolute atomic E-state index is 12.4. The van der Waals surface area contributed by atoms with E-state index in [1.54, 1.807) is 23.5 Å². The van der Waals surface area contributed by atoms with Crippen molar-refractivity contribution in [1.82, 2.24) is 10.6 Å². The van der Waals surface area contributed by atoms with Crippen LogP contribution in [0.4, 0.5) is 0 Å². The Morgan fingerprint density at radius 3 is 2.58 bits per heavy atom. The van der Waals surface area contributed by atoms with Gasteiger partial charge in [-0.15, -0.1) is 11.3 Å². The summed E-state index contributed by atoms with van der Waals surface area (Å²) < 4.78 is 0. The van der Waals surface area contributed by atoms with Crippen molar-refractivity contribution in [3.8, 4) is 0 Å². The van der Waals surface area contributed by atoms with Crippen LogP contribution >= 0.6 is 11.3 Å². The molecule has 4 nitrogen and oxygen atoms in total. The monoisotopic (exact) mass is 342 g/mol. The molecule has 0 bridgehead atoms. The highest BCUT2D eigenvalue weighted by Crippen LogP contribution is 2.32. The van der Waals surface area contributed by atoms with Gasteiger partial charge in [0.1, 0.15) is 0 Å². The second-order valence-corrected chi connectivity index (χ2v) is 7.24. The molecule has 1 aromatic carbocycles. The maximum Gasteiger partial charge on any atom is 0.252 e. The van der Waals surface area contributed by atoms with Gasteiger partial charge in [-0.1, -0.05) is 25.1 Å². The summed E-state index contributed by atoms with van der Waals surface area (Å²) in [5.41, 5.74) is 2.67. The van der Waals surface area contributed by atoms with Crippen LogP contribution in [0.1, 0.15) is 44.5 Å². The molecule has 126 valence electrons. The fourth-order valence-corrected chi connectivity index (χ4v) is 4.25. The molecule has 2 aromatic rings. The molecule has 1 heterocycles. The van der Waals surface area contributed by atoms with Gasteiger partial charge in [-0.2, -0.15) is 0 Å². The summed E-state index contributed by atoms with van der Waals surface area (Å²) in [5, 5.41) is 7.70. The summed E-state index contributed by atoms with van der Waals surface area (Å²) in [6.45, 7) is 3.11. The molecule has 1 aliphatic carbocycles. The Labute approximate surface area is 146 Å². The number of fused-ring (bicyclic) bond motifs is 1. The molecular formula is C19H22N2O2S. The number of thiophene rings is 1. The minimum absolute atomic E-state index is 0.0315. The Hall–Kier alpha value is -2.14. The zero-order chi connectivity index (χ0) is 16.9. The number of benzene rings is 1. The zero-order valence-electron chi connectivity index (χ0n) is 13.8. The molecule has 0 saturated carbocycles. The van der Waals surface area contributed by atoms with Gasteiger partial charge in [0, 0.05) is 28.9 Å². The third-order valence-electron chi connectivity index (χ3n) is 4.38. The van der Waals surface area contributed by atoms with Gasteiger partial charge in [0.2, 0.25) is 0 Å². The molecule has 1 aliphatic rings. The average Bonchev–Trinajstić information content (AvgIpc) is 3.02. The van der Waals surface area contributed by atoms with Gasteiger partial charge in [-0.3, -0.25) is 9.59 Å². The smallest absolute Gasteiger partial charge is 0.252 e. The van der Waals surface area contributed by atoms with Crippen molar-refractivity contribution in [2.75, 3.05) is 13.1 Å². The number of hydrogen-bond acceptors (Lipinski definition) is 3. The van der Waals surface area contributed by atoms with E-state index >= 15 is 0 Å². The van der Waals surface area contributed by atoms with Gasteiger partial charge in [0.25, 0.3) is 11.8 Å². The molecule has 1 aromatic heterocycles. The molecule has 1 atom stereocenters. The molecular weight excluding hydrogens is 320 g/mol. The summed E-state index contributed by atoms with van der Waals surface area (Å²) in [4.78, 5) is 25.6. The van der Waals surface area contributed by atoms with E-state index in [1.807, 2.05) is 23.6 Å². The summed E-state index contributed by atoms with van der Waals surface area (Å²) >= 11 is 1.69. The predicted octanol–water partition coefficient (Wildman–Crippen LogP) is 3.03. The van der Waals surface area contributed by atoms with Crippen molar-refractivity contribution in [2.45, 2.75) is 26.2 Å². The largest absolute Gasteiger partial charge is 0.350 e. The van der Waals surface area contributed by atoms with Crippen molar-refractivity contribution < 1.29 is 9.59 Å². The van der Waals surface area contributed by atoms with Crippen LogP contribution in [0, 0.1) is 5.92 Å². The molecule has 0 radical (unpaired) electrons. The standard InChI is InChI=1S/C19H22N2O2S/c1-13-7-8-15-16(12-24-17(15)11-13)19(23)21-10-9-20-18(22)14-5-3-2-4-6-14/h2-6,12-13H,7-11H2,1H3,(H,20,22)(H,21,23). The first-order valence-electron chi connectivity index (χ1n) is 8.36. The fourth-order valence-electron chi connectivity index (χ4n) is 3.01. The van der Waals surface area contributed by atoms with Crippen molar-refractivity contribution >= 4 is 23.2 Å². The van der Waals surface area contributed by atoms with Gasteiger partial charge in [0.15, 0.2) is 0 Å². The summed E-state index contributed by atoms with van der Waals surface area (Å²) in [6, 6.07) is 9.08. The van der Waals surface area contributed by atoms with E-state index in [-0.39, 0.29) is 11.8 Å². The van der Waals surface area contributed by atoms with Crippen LogP contribution in [-0.4, -0.2) is 24.9 Å². The number of carbonyl (C=O) groups is 2. The first-order valence-corrected chi connectivity index (χ1v) is 9.24. The Balaban J connectivity index is 1.47. The van der Waals surface area contributed by atoms with Crippen LogP contribution in [0.25, 0.3) is 0 Å². The normalized spacial score (nSPS) is 16.3. The van der Waals surface area contributed by atoms with Crippen molar-refractivity contribution in [2.24, 2.45) is 5.92 Å².